The Balaban J connectivity index is 1.78. The van der Waals surface area contributed by atoms with Gasteiger partial charge in [0, 0.05) is 32.5 Å². The molecule has 2 aromatic rings. The van der Waals surface area contributed by atoms with Gasteiger partial charge in [-0.3, -0.25) is 9.78 Å². The fraction of sp³-hybridized carbons (Fsp3) is 0.278. The van der Waals surface area contributed by atoms with Gasteiger partial charge in [-0.05, 0) is 42.7 Å². The number of nitrogens with zero attached hydrogens (tertiary/aromatic N) is 2. The summed E-state index contributed by atoms with van der Waals surface area (Å²) in [5.74, 6) is -0.497. The number of carbonyl (C=O) groups excluding carboxylic acids is 2. The third kappa shape index (κ3) is 5.87. The highest BCUT2D eigenvalue weighted by Gasteiger charge is 2.10. The molecular formula is C18H21FN4O2. The van der Waals surface area contributed by atoms with Gasteiger partial charge in [0.2, 0.25) is 0 Å². The maximum Gasteiger partial charge on any atom is 0.319 e. The van der Waals surface area contributed by atoms with Crippen molar-refractivity contribution >= 4 is 17.6 Å². The molecule has 0 atom stereocenters. The average molecular weight is 344 g/mol. The van der Waals surface area contributed by atoms with Crippen molar-refractivity contribution in [3.8, 4) is 0 Å². The van der Waals surface area contributed by atoms with Gasteiger partial charge in [0.25, 0.3) is 5.91 Å². The molecule has 25 heavy (non-hydrogen) atoms. The maximum atomic E-state index is 13.1. The van der Waals surface area contributed by atoms with E-state index in [4.69, 9.17) is 0 Å². The van der Waals surface area contributed by atoms with E-state index in [0.717, 1.165) is 5.56 Å². The van der Waals surface area contributed by atoms with E-state index in [9.17, 15) is 14.0 Å². The Morgan fingerprint density at radius 2 is 2.00 bits per heavy atom. The van der Waals surface area contributed by atoms with Crippen LogP contribution < -0.4 is 10.6 Å². The lowest BCUT2D eigenvalue weighted by Crippen LogP contribution is -2.30. The van der Waals surface area contributed by atoms with Gasteiger partial charge in [-0.2, -0.15) is 0 Å². The molecule has 0 aliphatic heterocycles. The Morgan fingerprint density at radius 1 is 1.20 bits per heavy atom. The normalized spacial score (nSPS) is 10.2. The van der Waals surface area contributed by atoms with E-state index >= 15 is 0 Å². The second-order valence-corrected chi connectivity index (χ2v) is 5.74. The van der Waals surface area contributed by atoms with Crippen LogP contribution in [0.4, 0.5) is 14.9 Å². The molecule has 0 spiro atoms. The van der Waals surface area contributed by atoms with Crippen molar-refractivity contribution in [2.75, 3.05) is 26.0 Å². The van der Waals surface area contributed by atoms with Gasteiger partial charge >= 0.3 is 6.03 Å². The summed E-state index contributed by atoms with van der Waals surface area (Å²) < 4.78 is 13.1. The minimum Gasteiger partial charge on any atom is -0.343 e. The Hall–Kier alpha value is -2.96. The lowest BCUT2D eigenvalue weighted by atomic mass is 10.1. The quantitative estimate of drug-likeness (QED) is 0.791. The van der Waals surface area contributed by atoms with E-state index < -0.39 is 0 Å². The van der Waals surface area contributed by atoms with Crippen LogP contribution in [0.2, 0.25) is 0 Å². The summed E-state index contributed by atoms with van der Waals surface area (Å²) in [6.45, 7) is 0.455. The molecule has 3 amide bonds. The molecule has 0 saturated heterocycles. The number of carbonyl (C=O) groups is 2. The van der Waals surface area contributed by atoms with Crippen LogP contribution in [0.1, 0.15) is 22.5 Å². The van der Waals surface area contributed by atoms with E-state index in [-0.39, 0.29) is 23.4 Å². The molecule has 1 heterocycles. The number of urea groups is 1. The first kappa shape index (κ1) is 18.4. The fourth-order valence-electron chi connectivity index (χ4n) is 2.22. The number of aromatic nitrogens is 1. The Morgan fingerprint density at radius 3 is 2.72 bits per heavy atom. The van der Waals surface area contributed by atoms with Gasteiger partial charge in [0.05, 0.1) is 0 Å². The van der Waals surface area contributed by atoms with Crippen LogP contribution in [-0.2, 0) is 6.42 Å². The highest BCUT2D eigenvalue weighted by atomic mass is 19.1. The monoisotopic (exact) mass is 344 g/mol. The van der Waals surface area contributed by atoms with Crippen molar-refractivity contribution in [2.45, 2.75) is 12.8 Å². The van der Waals surface area contributed by atoms with Crippen LogP contribution in [-0.4, -0.2) is 42.5 Å². The van der Waals surface area contributed by atoms with Gasteiger partial charge < -0.3 is 15.5 Å². The van der Waals surface area contributed by atoms with Crippen molar-refractivity contribution in [3.63, 3.8) is 0 Å². The summed E-state index contributed by atoms with van der Waals surface area (Å²) in [6, 6.07) is 9.17. The summed E-state index contributed by atoms with van der Waals surface area (Å²) in [5.41, 5.74) is 1.64. The molecule has 1 aromatic heterocycles. The predicted molar refractivity (Wildman–Crippen MR) is 94.0 cm³/mol. The number of aryl methyl sites for hydroxylation is 1. The Bertz CT molecular complexity index is 749. The largest absolute Gasteiger partial charge is 0.343 e. The lowest BCUT2D eigenvalue weighted by Gasteiger charge is -2.11. The van der Waals surface area contributed by atoms with E-state index in [1.54, 1.807) is 26.2 Å². The molecule has 2 N–H and O–H groups in total. The van der Waals surface area contributed by atoms with Crippen molar-refractivity contribution in [1.82, 2.24) is 15.2 Å². The van der Waals surface area contributed by atoms with Crippen LogP contribution in [0.3, 0.4) is 0 Å². The first-order valence-electron chi connectivity index (χ1n) is 7.92. The van der Waals surface area contributed by atoms with E-state index in [1.807, 2.05) is 6.07 Å². The second kappa shape index (κ2) is 8.77. The van der Waals surface area contributed by atoms with Crippen molar-refractivity contribution in [2.24, 2.45) is 0 Å². The molecule has 0 radical (unpaired) electrons. The molecule has 0 aliphatic carbocycles. The number of hydrogen-bond acceptors (Lipinski definition) is 3. The molecule has 0 unspecified atom stereocenters. The van der Waals surface area contributed by atoms with Gasteiger partial charge in [-0.1, -0.05) is 12.1 Å². The first-order valence-corrected chi connectivity index (χ1v) is 7.92. The van der Waals surface area contributed by atoms with Crippen molar-refractivity contribution < 1.29 is 14.0 Å². The van der Waals surface area contributed by atoms with Crippen molar-refractivity contribution in [3.05, 3.63) is 59.7 Å². The highest BCUT2D eigenvalue weighted by molar-refractivity contribution is 5.95. The molecule has 6 nitrogen and oxygen atoms in total. The Kier molecular flexibility index (Phi) is 6.45. The van der Waals surface area contributed by atoms with Crippen LogP contribution in [0.5, 0.6) is 0 Å². The standard InChI is InChI=1S/C18H21FN4O2/c1-23(2)17(24)16-12-15(8-10-20-16)22-18(25)21-9-4-6-13-5-3-7-14(19)11-13/h3,5,7-8,10-12H,4,6,9H2,1-2H3,(H2,20,21,22,25). The summed E-state index contributed by atoms with van der Waals surface area (Å²) in [6.07, 6.45) is 2.84. The minimum absolute atomic E-state index is 0.237. The number of hydrogen-bond donors (Lipinski definition) is 2. The molecule has 132 valence electrons. The van der Waals surface area contributed by atoms with Gasteiger partial charge in [0.15, 0.2) is 0 Å². The number of rotatable bonds is 6. The summed E-state index contributed by atoms with van der Waals surface area (Å²) in [4.78, 5) is 29.2. The molecule has 7 heteroatoms. The van der Waals surface area contributed by atoms with Crippen LogP contribution in [0, 0.1) is 5.82 Å². The van der Waals surface area contributed by atoms with Crippen molar-refractivity contribution in [1.29, 1.82) is 0 Å². The number of benzene rings is 1. The molecule has 2 rings (SSSR count). The number of amides is 3. The molecule has 0 fully saturated rings. The molecule has 0 aliphatic rings. The summed E-state index contributed by atoms with van der Waals surface area (Å²) in [5, 5.41) is 5.39. The number of halogens is 1. The zero-order valence-electron chi connectivity index (χ0n) is 14.3. The van der Waals surface area contributed by atoms with Crippen LogP contribution >= 0.6 is 0 Å². The predicted octanol–water partition coefficient (Wildman–Crippen LogP) is 2.68. The third-order valence-electron chi connectivity index (χ3n) is 3.46. The fourth-order valence-corrected chi connectivity index (χ4v) is 2.22. The number of nitrogens with one attached hydrogen (secondary N) is 2. The minimum atomic E-state index is -0.367. The molecule has 0 bridgehead atoms. The summed E-state index contributed by atoms with van der Waals surface area (Å²) in [7, 11) is 3.27. The number of anilines is 1. The molecule has 0 saturated carbocycles. The SMILES string of the molecule is CN(C)C(=O)c1cc(NC(=O)NCCCc2cccc(F)c2)ccn1. The number of pyridine rings is 1. The van der Waals surface area contributed by atoms with Gasteiger partial charge in [0.1, 0.15) is 11.5 Å². The van der Waals surface area contributed by atoms with Gasteiger partial charge in [-0.15, -0.1) is 0 Å². The average Bonchev–Trinajstić information content (AvgIpc) is 2.58. The van der Waals surface area contributed by atoms with Gasteiger partial charge in [-0.25, -0.2) is 9.18 Å². The topological polar surface area (TPSA) is 74.3 Å². The second-order valence-electron chi connectivity index (χ2n) is 5.74. The lowest BCUT2D eigenvalue weighted by molar-refractivity contribution is 0.0822. The first-order chi connectivity index (χ1) is 12.0. The van der Waals surface area contributed by atoms with E-state index in [1.165, 1.54) is 29.3 Å². The van der Waals surface area contributed by atoms with E-state index in [0.29, 0.717) is 25.1 Å². The van der Waals surface area contributed by atoms with Crippen LogP contribution in [0.15, 0.2) is 42.6 Å². The van der Waals surface area contributed by atoms with E-state index in [2.05, 4.69) is 15.6 Å². The highest BCUT2D eigenvalue weighted by Crippen LogP contribution is 2.09. The zero-order chi connectivity index (χ0) is 18.2. The third-order valence-corrected chi connectivity index (χ3v) is 3.46. The smallest absolute Gasteiger partial charge is 0.319 e. The molecule has 1 aromatic carbocycles. The molecular weight excluding hydrogens is 323 g/mol. The maximum absolute atomic E-state index is 13.1. The summed E-state index contributed by atoms with van der Waals surface area (Å²) >= 11 is 0. The van der Waals surface area contributed by atoms with Crippen LogP contribution in [0.25, 0.3) is 0 Å². The Labute approximate surface area is 146 Å². The zero-order valence-corrected chi connectivity index (χ0v) is 14.3.